The van der Waals surface area contributed by atoms with E-state index in [1.165, 1.54) is 10.2 Å². The number of benzene rings is 2. The maximum Gasteiger partial charge on any atom is 0.210 e. The van der Waals surface area contributed by atoms with Gasteiger partial charge in [0.1, 0.15) is 5.75 Å². The van der Waals surface area contributed by atoms with E-state index in [0.29, 0.717) is 17.6 Å². The van der Waals surface area contributed by atoms with E-state index in [1.54, 1.807) is 11.8 Å². The largest absolute Gasteiger partial charge is 0.494 e. The first kappa shape index (κ1) is 16.9. The zero-order chi connectivity index (χ0) is 16.9. The Hall–Kier alpha value is -1.99. The van der Waals surface area contributed by atoms with Crippen molar-refractivity contribution in [2.45, 2.75) is 17.8 Å². The molecule has 1 heterocycles. The Labute approximate surface area is 153 Å². The van der Waals surface area contributed by atoms with Crippen molar-refractivity contribution < 1.29 is 4.74 Å². The Morgan fingerprint density at radius 1 is 1.17 bits per heavy atom. The third-order valence-electron chi connectivity index (χ3n) is 3.32. The number of hydrogen-bond donors (Lipinski definition) is 1. The minimum Gasteiger partial charge on any atom is -0.494 e. The van der Waals surface area contributed by atoms with Crippen molar-refractivity contribution in [3.8, 4) is 17.1 Å². The summed E-state index contributed by atoms with van der Waals surface area (Å²) in [6, 6.07) is 15.9. The molecule has 0 saturated heterocycles. The number of nitrogens with zero attached hydrogens (tertiary/aromatic N) is 3. The first-order valence-electron chi connectivity index (χ1n) is 7.48. The highest BCUT2D eigenvalue weighted by Crippen LogP contribution is 2.27. The molecule has 1 aromatic heterocycles. The van der Waals surface area contributed by atoms with E-state index in [2.05, 4.69) is 38.3 Å². The molecule has 0 aliphatic heterocycles. The molecule has 124 valence electrons. The summed E-state index contributed by atoms with van der Waals surface area (Å²) >= 11 is 5.03. The minimum absolute atomic E-state index is 0.618. The monoisotopic (exact) mass is 404 g/mol. The topological polar surface area (TPSA) is 66.0 Å². The van der Waals surface area contributed by atoms with Gasteiger partial charge in [-0.15, -0.1) is 10.2 Å². The lowest BCUT2D eigenvalue weighted by molar-refractivity contribution is 0.340. The van der Waals surface area contributed by atoms with Crippen LogP contribution in [0.1, 0.15) is 12.5 Å². The number of halogens is 1. The predicted octanol–water partition coefficient (Wildman–Crippen LogP) is 4.11. The summed E-state index contributed by atoms with van der Waals surface area (Å²) in [5.74, 6) is 8.36. The zero-order valence-corrected chi connectivity index (χ0v) is 15.5. The van der Waals surface area contributed by atoms with E-state index in [1.807, 2.05) is 43.3 Å². The van der Waals surface area contributed by atoms with Crippen molar-refractivity contribution in [1.29, 1.82) is 0 Å². The summed E-state index contributed by atoms with van der Waals surface area (Å²) in [6.07, 6.45) is 0. The van der Waals surface area contributed by atoms with Crippen LogP contribution >= 0.6 is 27.7 Å². The molecule has 0 spiro atoms. The summed E-state index contributed by atoms with van der Waals surface area (Å²) in [5, 5.41) is 9.10. The lowest BCUT2D eigenvalue weighted by Gasteiger charge is -2.06. The fourth-order valence-corrected chi connectivity index (χ4v) is 3.48. The molecule has 0 aliphatic rings. The minimum atomic E-state index is 0.618. The van der Waals surface area contributed by atoms with Crippen molar-refractivity contribution in [1.82, 2.24) is 14.9 Å². The van der Waals surface area contributed by atoms with Gasteiger partial charge in [0.25, 0.3) is 0 Å². The van der Waals surface area contributed by atoms with E-state index < -0.39 is 0 Å². The molecule has 0 fully saturated rings. The molecule has 0 radical (unpaired) electrons. The summed E-state index contributed by atoms with van der Waals surface area (Å²) in [4.78, 5) is 0. The molecule has 3 rings (SSSR count). The normalized spacial score (nSPS) is 10.8. The molecule has 2 aromatic carbocycles. The van der Waals surface area contributed by atoms with Gasteiger partial charge in [-0.25, -0.2) is 4.68 Å². The average Bonchev–Trinajstić information content (AvgIpc) is 2.94. The van der Waals surface area contributed by atoms with Gasteiger partial charge >= 0.3 is 0 Å². The van der Waals surface area contributed by atoms with Crippen LogP contribution in [0.3, 0.4) is 0 Å². The van der Waals surface area contributed by atoms with Crippen LogP contribution in [0.25, 0.3) is 11.4 Å². The van der Waals surface area contributed by atoms with Crippen LogP contribution in [0.4, 0.5) is 0 Å². The second kappa shape index (κ2) is 7.72. The van der Waals surface area contributed by atoms with Gasteiger partial charge in [0.15, 0.2) is 5.82 Å². The highest BCUT2D eigenvalue weighted by Gasteiger charge is 2.13. The molecule has 7 heteroatoms. The molecule has 0 unspecified atom stereocenters. The number of nitrogen functional groups attached to an aromatic ring is 1. The molecule has 2 N–H and O–H groups in total. The standard InChI is InChI=1S/C17H17BrN4OS/c1-2-23-15-8-4-6-13(10-15)16-20-21-17(22(16)19)24-11-12-5-3-7-14(18)9-12/h3-10H,2,11,19H2,1H3. The Balaban J connectivity index is 1.77. The summed E-state index contributed by atoms with van der Waals surface area (Å²) in [6.45, 7) is 2.57. The molecule has 0 bridgehead atoms. The SMILES string of the molecule is CCOc1cccc(-c2nnc(SCc3cccc(Br)c3)n2N)c1. The van der Waals surface area contributed by atoms with E-state index in [4.69, 9.17) is 10.6 Å². The Kier molecular flexibility index (Phi) is 5.42. The lowest BCUT2D eigenvalue weighted by atomic mass is 10.2. The molecule has 0 atom stereocenters. The summed E-state index contributed by atoms with van der Waals surface area (Å²) in [5.41, 5.74) is 2.07. The molecule has 0 aliphatic carbocycles. The quantitative estimate of drug-likeness (QED) is 0.494. The molecular weight excluding hydrogens is 388 g/mol. The fourth-order valence-electron chi connectivity index (χ4n) is 2.24. The van der Waals surface area contributed by atoms with Crippen molar-refractivity contribution in [3.05, 3.63) is 58.6 Å². The van der Waals surface area contributed by atoms with Gasteiger partial charge in [-0.3, -0.25) is 0 Å². The van der Waals surface area contributed by atoms with Crippen molar-refractivity contribution in [2.24, 2.45) is 0 Å². The van der Waals surface area contributed by atoms with Gasteiger partial charge < -0.3 is 10.6 Å². The van der Waals surface area contributed by atoms with Crippen LogP contribution < -0.4 is 10.6 Å². The Morgan fingerprint density at radius 2 is 2.00 bits per heavy atom. The maximum atomic E-state index is 6.17. The van der Waals surface area contributed by atoms with Crippen LogP contribution in [0.15, 0.2) is 58.2 Å². The summed E-state index contributed by atoms with van der Waals surface area (Å²) in [7, 11) is 0. The van der Waals surface area contributed by atoms with E-state index in [9.17, 15) is 0 Å². The van der Waals surface area contributed by atoms with Crippen LogP contribution in [-0.4, -0.2) is 21.5 Å². The second-order valence-corrected chi connectivity index (χ2v) is 6.91. The van der Waals surface area contributed by atoms with E-state index in [0.717, 1.165) is 21.5 Å². The van der Waals surface area contributed by atoms with Crippen LogP contribution in [0, 0.1) is 0 Å². The summed E-state index contributed by atoms with van der Waals surface area (Å²) < 4.78 is 8.10. The van der Waals surface area contributed by atoms with Gasteiger partial charge in [-0.2, -0.15) is 0 Å². The van der Waals surface area contributed by atoms with Crippen LogP contribution in [0.2, 0.25) is 0 Å². The third-order valence-corrected chi connectivity index (χ3v) is 4.83. The molecule has 5 nitrogen and oxygen atoms in total. The fraction of sp³-hybridized carbons (Fsp3) is 0.176. The van der Waals surface area contributed by atoms with Crippen molar-refractivity contribution in [3.63, 3.8) is 0 Å². The number of hydrogen-bond acceptors (Lipinski definition) is 5. The van der Waals surface area contributed by atoms with E-state index >= 15 is 0 Å². The number of ether oxygens (including phenoxy) is 1. The van der Waals surface area contributed by atoms with Gasteiger partial charge in [-0.1, -0.05) is 52.0 Å². The smallest absolute Gasteiger partial charge is 0.210 e. The second-order valence-electron chi connectivity index (χ2n) is 5.06. The predicted molar refractivity (Wildman–Crippen MR) is 100 cm³/mol. The molecule has 0 amide bonds. The van der Waals surface area contributed by atoms with Gasteiger partial charge in [0.2, 0.25) is 5.16 Å². The third kappa shape index (κ3) is 3.91. The molecule has 3 aromatic rings. The van der Waals surface area contributed by atoms with Crippen molar-refractivity contribution in [2.75, 3.05) is 12.4 Å². The number of nitrogens with two attached hydrogens (primary N) is 1. The Morgan fingerprint density at radius 3 is 2.79 bits per heavy atom. The maximum absolute atomic E-state index is 6.17. The number of aromatic nitrogens is 3. The first-order valence-corrected chi connectivity index (χ1v) is 9.26. The van der Waals surface area contributed by atoms with Crippen LogP contribution in [0.5, 0.6) is 5.75 Å². The van der Waals surface area contributed by atoms with E-state index in [-0.39, 0.29) is 0 Å². The zero-order valence-electron chi connectivity index (χ0n) is 13.1. The first-order chi connectivity index (χ1) is 11.7. The highest BCUT2D eigenvalue weighted by atomic mass is 79.9. The number of thioether (sulfide) groups is 1. The molecule has 0 saturated carbocycles. The lowest BCUT2D eigenvalue weighted by Crippen LogP contribution is -2.11. The average molecular weight is 405 g/mol. The molecular formula is C17H17BrN4OS. The van der Waals surface area contributed by atoms with Gasteiger partial charge in [0, 0.05) is 15.8 Å². The van der Waals surface area contributed by atoms with Crippen LogP contribution in [-0.2, 0) is 5.75 Å². The van der Waals surface area contributed by atoms with Gasteiger partial charge in [0.05, 0.1) is 6.61 Å². The van der Waals surface area contributed by atoms with Crippen molar-refractivity contribution >= 4 is 27.7 Å². The Bertz CT molecular complexity index is 837. The van der Waals surface area contributed by atoms with Gasteiger partial charge in [-0.05, 0) is 36.8 Å². The molecule has 24 heavy (non-hydrogen) atoms. The number of rotatable bonds is 6. The highest BCUT2D eigenvalue weighted by molar-refractivity contribution is 9.10.